The molecule has 0 saturated carbocycles. The summed E-state index contributed by atoms with van der Waals surface area (Å²) >= 11 is 0. The molecule has 0 N–H and O–H groups in total. The van der Waals surface area contributed by atoms with E-state index in [-0.39, 0.29) is 4.57 Å². The summed E-state index contributed by atoms with van der Waals surface area (Å²) in [4.78, 5) is 3.11. The molecule has 49 valence electrons. The third-order valence-electron chi connectivity index (χ3n) is 0.746. The number of nitrogens with zero attached hydrogens (tertiary/aromatic N) is 2. The van der Waals surface area contributed by atoms with Crippen LogP contribution in [0.2, 0.25) is 0 Å². The summed E-state index contributed by atoms with van der Waals surface area (Å²) in [7, 11) is 0. The van der Waals surface area contributed by atoms with E-state index in [9.17, 15) is 13.2 Å². The largest absolute Gasteiger partial charge is 0.489 e. The van der Waals surface area contributed by atoms with E-state index in [0.717, 1.165) is 6.20 Å². The van der Waals surface area contributed by atoms with E-state index in [4.69, 9.17) is 0 Å². The quantitative estimate of drug-likeness (QED) is 0.521. The van der Waals surface area contributed by atoms with Gasteiger partial charge in [0.05, 0.1) is 0 Å². The van der Waals surface area contributed by atoms with Gasteiger partial charge < -0.3 is 0 Å². The number of hydrogen-bond donors (Lipinski definition) is 0. The number of aromatic nitrogens is 2. The van der Waals surface area contributed by atoms with Crippen LogP contribution in [0.4, 0.5) is 13.2 Å². The number of alkyl halides is 3. The lowest BCUT2D eigenvalue weighted by Gasteiger charge is -2.03. The van der Waals surface area contributed by atoms with E-state index in [0.29, 0.717) is 6.33 Å². The van der Waals surface area contributed by atoms with Crippen molar-refractivity contribution in [1.82, 2.24) is 9.55 Å². The molecule has 9 heavy (non-hydrogen) atoms. The Labute approximate surface area is 48.9 Å². The fourth-order valence-electron chi connectivity index (χ4n) is 0.363. The highest BCUT2D eigenvalue weighted by molar-refractivity contribution is 4.73. The van der Waals surface area contributed by atoms with Crippen LogP contribution in [0.3, 0.4) is 0 Å². The standard InChI is InChI=1S/C4H2F3N2/c5-4(6,7)9-2-1-8-3-9/h2-3H. The van der Waals surface area contributed by atoms with Gasteiger partial charge in [-0.3, -0.25) is 0 Å². The highest BCUT2D eigenvalue weighted by Crippen LogP contribution is 2.20. The minimum absolute atomic E-state index is 0.0208. The van der Waals surface area contributed by atoms with Gasteiger partial charge in [-0.2, -0.15) is 0 Å². The Morgan fingerprint density at radius 2 is 2.11 bits per heavy atom. The topological polar surface area (TPSA) is 17.8 Å². The fraction of sp³-hybridized carbons (Fsp3) is 0.250. The van der Waals surface area contributed by atoms with Crippen molar-refractivity contribution in [2.24, 2.45) is 0 Å². The average Bonchev–Trinajstić information content (AvgIpc) is 2.08. The Morgan fingerprint density at radius 1 is 1.44 bits per heavy atom. The van der Waals surface area contributed by atoms with Crippen molar-refractivity contribution in [3.8, 4) is 0 Å². The van der Waals surface area contributed by atoms with Crippen LogP contribution >= 0.6 is 0 Å². The molecule has 0 aliphatic rings. The van der Waals surface area contributed by atoms with Crippen molar-refractivity contribution in [3.63, 3.8) is 0 Å². The van der Waals surface area contributed by atoms with Crippen LogP contribution in [0.15, 0.2) is 12.5 Å². The predicted octanol–water partition coefficient (Wildman–Crippen LogP) is 1.16. The summed E-state index contributed by atoms with van der Waals surface area (Å²) in [5.41, 5.74) is 0. The average molecular weight is 135 g/mol. The molecule has 0 amide bonds. The van der Waals surface area contributed by atoms with Gasteiger partial charge in [0, 0.05) is 6.20 Å². The van der Waals surface area contributed by atoms with Crippen LogP contribution in [0, 0.1) is 6.20 Å². The lowest BCUT2D eigenvalue weighted by Crippen LogP contribution is -2.13. The highest BCUT2D eigenvalue weighted by Gasteiger charge is 2.29. The van der Waals surface area contributed by atoms with Gasteiger partial charge in [0.15, 0.2) is 0 Å². The third kappa shape index (κ3) is 1.22. The Bertz CT molecular complexity index is 176. The van der Waals surface area contributed by atoms with Gasteiger partial charge in [0.1, 0.15) is 12.5 Å². The smallest absolute Gasteiger partial charge is 0.247 e. The Morgan fingerprint density at radius 3 is 2.33 bits per heavy atom. The van der Waals surface area contributed by atoms with Crippen molar-refractivity contribution >= 4 is 0 Å². The summed E-state index contributed by atoms with van der Waals surface area (Å²) in [5, 5.41) is 0. The van der Waals surface area contributed by atoms with Crippen LogP contribution in [-0.2, 0) is 6.30 Å². The zero-order valence-electron chi connectivity index (χ0n) is 4.18. The summed E-state index contributed by atoms with van der Waals surface area (Å²) in [6.45, 7) is 0. The number of imidazole rings is 1. The monoisotopic (exact) mass is 135 g/mol. The molecule has 1 aromatic rings. The summed E-state index contributed by atoms with van der Waals surface area (Å²) in [6, 6.07) is 0. The lowest BCUT2D eigenvalue weighted by atomic mass is 10.9. The van der Waals surface area contributed by atoms with Gasteiger partial charge >= 0.3 is 6.30 Å². The summed E-state index contributed by atoms with van der Waals surface area (Å²) < 4.78 is 34.6. The van der Waals surface area contributed by atoms with E-state index in [1.54, 1.807) is 0 Å². The van der Waals surface area contributed by atoms with E-state index >= 15 is 0 Å². The molecule has 0 fully saturated rings. The summed E-state index contributed by atoms with van der Waals surface area (Å²) in [6.07, 6.45) is -0.950. The van der Waals surface area contributed by atoms with Crippen molar-refractivity contribution in [2.45, 2.75) is 6.30 Å². The maximum atomic E-state index is 11.5. The van der Waals surface area contributed by atoms with Gasteiger partial charge in [-0.1, -0.05) is 0 Å². The fourth-order valence-corrected chi connectivity index (χ4v) is 0.363. The van der Waals surface area contributed by atoms with Gasteiger partial charge in [-0.15, -0.1) is 13.2 Å². The SMILES string of the molecule is FC(F)(F)n1c[c]nc1. The summed E-state index contributed by atoms with van der Waals surface area (Å²) in [5.74, 6) is 0. The van der Waals surface area contributed by atoms with E-state index < -0.39 is 6.30 Å². The molecule has 1 rings (SSSR count). The van der Waals surface area contributed by atoms with Gasteiger partial charge in [0.2, 0.25) is 0 Å². The first-order valence-corrected chi connectivity index (χ1v) is 2.08. The number of halogens is 3. The second-order valence-corrected chi connectivity index (χ2v) is 1.38. The van der Waals surface area contributed by atoms with E-state index in [2.05, 4.69) is 4.98 Å². The molecule has 0 aliphatic heterocycles. The van der Waals surface area contributed by atoms with Gasteiger partial charge in [-0.25, -0.2) is 9.55 Å². The number of hydrogen-bond acceptors (Lipinski definition) is 1. The zero-order valence-corrected chi connectivity index (χ0v) is 4.18. The molecule has 1 radical (unpaired) electrons. The molecular formula is C4H2F3N2. The first-order valence-electron chi connectivity index (χ1n) is 2.08. The van der Waals surface area contributed by atoms with E-state index in [1.165, 1.54) is 0 Å². The molecule has 5 heteroatoms. The predicted molar refractivity (Wildman–Crippen MR) is 22.4 cm³/mol. The molecule has 0 bridgehead atoms. The van der Waals surface area contributed by atoms with Crippen LogP contribution in [0.5, 0.6) is 0 Å². The van der Waals surface area contributed by atoms with Crippen LogP contribution in [0.1, 0.15) is 0 Å². The van der Waals surface area contributed by atoms with Gasteiger partial charge in [0.25, 0.3) is 0 Å². The Kier molecular flexibility index (Phi) is 1.19. The first kappa shape index (κ1) is 6.12. The molecule has 0 aromatic carbocycles. The van der Waals surface area contributed by atoms with Gasteiger partial charge in [-0.05, 0) is 0 Å². The maximum Gasteiger partial charge on any atom is 0.489 e. The minimum Gasteiger partial charge on any atom is -0.247 e. The molecule has 0 unspecified atom stereocenters. The second kappa shape index (κ2) is 1.75. The molecule has 0 aliphatic carbocycles. The third-order valence-corrected chi connectivity index (χ3v) is 0.746. The molecule has 0 spiro atoms. The number of rotatable bonds is 0. The minimum atomic E-state index is -4.35. The van der Waals surface area contributed by atoms with Crippen molar-refractivity contribution in [1.29, 1.82) is 0 Å². The first-order chi connectivity index (χ1) is 4.11. The highest BCUT2D eigenvalue weighted by atomic mass is 19.4. The van der Waals surface area contributed by atoms with Crippen LogP contribution in [0.25, 0.3) is 0 Å². The van der Waals surface area contributed by atoms with Crippen molar-refractivity contribution < 1.29 is 13.2 Å². The Hall–Kier alpha value is -1.00. The molecule has 0 atom stereocenters. The maximum absolute atomic E-state index is 11.5. The molecule has 2 nitrogen and oxygen atoms in total. The molecule has 1 heterocycles. The van der Waals surface area contributed by atoms with Crippen LogP contribution < -0.4 is 0 Å². The van der Waals surface area contributed by atoms with Crippen LogP contribution in [-0.4, -0.2) is 9.55 Å². The van der Waals surface area contributed by atoms with Crippen molar-refractivity contribution in [3.05, 3.63) is 18.7 Å². The lowest BCUT2D eigenvalue weighted by molar-refractivity contribution is -0.204. The Balaban J connectivity index is 2.90. The molecule has 0 saturated heterocycles. The van der Waals surface area contributed by atoms with Crippen molar-refractivity contribution in [2.75, 3.05) is 0 Å². The molecular weight excluding hydrogens is 133 g/mol. The zero-order chi connectivity index (χ0) is 6.91. The normalized spacial score (nSPS) is 11.9. The second-order valence-electron chi connectivity index (χ2n) is 1.38. The molecule has 1 aromatic heterocycles. The van der Waals surface area contributed by atoms with E-state index in [1.807, 2.05) is 6.20 Å².